The van der Waals surface area contributed by atoms with Crippen molar-refractivity contribution in [3.63, 3.8) is 0 Å². The number of benzene rings is 2. The Kier molecular flexibility index (Phi) is 13.3. The molecule has 33 heavy (non-hydrogen) atoms. The van der Waals surface area contributed by atoms with Gasteiger partial charge in [0.1, 0.15) is 6.10 Å². The molecule has 0 saturated heterocycles. The third-order valence-electron chi connectivity index (χ3n) is 4.90. The van der Waals surface area contributed by atoms with E-state index in [1.54, 1.807) is 7.11 Å². The Morgan fingerprint density at radius 1 is 1.03 bits per heavy atom. The number of nitrogens with one attached hydrogen (secondary N) is 3. The van der Waals surface area contributed by atoms with Gasteiger partial charge in [0.25, 0.3) is 5.91 Å². The molecule has 0 aromatic heterocycles. The lowest BCUT2D eigenvalue weighted by atomic mass is 10.1. The lowest BCUT2D eigenvalue weighted by Crippen LogP contribution is -2.41. The number of methoxy groups -OCH3 is 1. The van der Waals surface area contributed by atoms with Crippen molar-refractivity contribution in [3.8, 4) is 11.5 Å². The second-order valence-corrected chi connectivity index (χ2v) is 7.64. The predicted octanol–water partition coefficient (Wildman–Crippen LogP) is 4.36. The third-order valence-corrected chi connectivity index (χ3v) is 4.90. The number of nitrogens with zero attached hydrogens (tertiary/aromatic N) is 1. The highest BCUT2D eigenvalue weighted by atomic mass is 127. The minimum absolute atomic E-state index is 0. The molecular formula is C25H37IN4O3. The Morgan fingerprint density at radius 3 is 2.42 bits per heavy atom. The maximum Gasteiger partial charge on any atom is 0.251 e. The Bertz CT molecular complexity index is 891. The Labute approximate surface area is 214 Å². The Balaban J connectivity index is 0.00000544. The molecule has 0 bridgehead atoms. The van der Waals surface area contributed by atoms with Crippen molar-refractivity contribution in [2.75, 3.05) is 20.2 Å². The van der Waals surface area contributed by atoms with Crippen molar-refractivity contribution in [3.05, 3.63) is 59.7 Å². The van der Waals surface area contributed by atoms with Gasteiger partial charge in [0, 0.05) is 18.2 Å². The number of guanidine groups is 1. The van der Waals surface area contributed by atoms with Gasteiger partial charge < -0.3 is 25.4 Å². The topological polar surface area (TPSA) is 84.0 Å². The van der Waals surface area contributed by atoms with E-state index in [4.69, 9.17) is 9.47 Å². The van der Waals surface area contributed by atoms with E-state index in [9.17, 15) is 4.79 Å². The highest BCUT2D eigenvalue weighted by Crippen LogP contribution is 2.26. The molecule has 0 aliphatic carbocycles. The quantitative estimate of drug-likeness (QED) is 0.213. The molecule has 2 rings (SSSR count). The van der Waals surface area contributed by atoms with Crippen LogP contribution in [0, 0.1) is 0 Å². The molecule has 2 aromatic carbocycles. The van der Waals surface area contributed by atoms with Gasteiger partial charge in [-0.05, 0) is 57.0 Å². The van der Waals surface area contributed by atoms with Crippen LogP contribution < -0.4 is 25.4 Å². The number of ether oxygens (including phenoxy) is 2. The minimum atomic E-state index is -0.0947. The molecule has 0 fully saturated rings. The van der Waals surface area contributed by atoms with Gasteiger partial charge in [-0.3, -0.25) is 4.79 Å². The van der Waals surface area contributed by atoms with Crippen LogP contribution in [0.4, 0.5) is 0 Å². The van der Waals surface area contributed by atoms with E-state index in [0.717, 1.165) is 18.5 Å². The van der Waals surface area contributed by atoms with Crippen LogP contribution in [0.5, 0.6) is 11.5 Å². The summed E-state index contributed by atoms with van der Waals surface area (Å²) in [5.74, 6) is 2.05. The molecule has 7 nitrogen and oxygen atoms in total. The maximum atomic E-state index is 12.4. The summed E-state index contributed by atoms with van der Waals surface area (Å²) in [5.41, 5.74) is 1.62. The Hall–Kier alpha value is -2.49. The molecule has 2 atom stereocenters. The van der Waals surface area contributed by atoms with Gasteiger partial charge in [0.05, 0.1) is 20.2 Å². The van der Waals surface area contributed by atoms with Crippen molar-refractivity contribution < 1.29 is 14.3 Å². The van der Waals surface area contributed by atoms with Crippen LogP contribution in [0.15, 0.2) is 53.5 Å². The zero-order valence-corrected chi connectivity index (χ0v) is 22.5. The van der Waals surface area contributed by atoms with Crippen LogP contribution in [-0.2, 0) is 6.54 Å². The van der Waals surface area contributed by atoms with E-state index in [-0.39, 0.29) is 42.0 Å². The second kappa shape index (κ2) is 15.4. The average molecular weight is 569 g/mol. The molecule has 2 unspecified atom stereocenters. The number of carbonyl (C=O) groups excluding carboxylic acids is 1. The summed E-state index contributed by atoms with van der Waals surface area (Å²) in [5, 5.41) is 9.56. The molecule has 0 saturated carbocycles. The molecule has 0 spiro atoms. The SMILES string of the molecule is CCNC(=NCc1cccc(C(=O)NC(C)CC)c1)NCC(C)Oc1ccccc1OC.I. The van der Waals surface area contributed by atoms with Crippen LogP contribution in [-0.4, -0.2) is 44.2 Å². The summed E-state index contributed by atoms with van der Waals surface area (Å²) in [6.07, 6.45) is 0.801. The zero-order chi connectivity index (χ0) is 23.3. The number of amides is 1. The van der Waals surface area contributed by atoms with E-state index < -0.39 is 0 Å². The summed E-state index contributed by atoms with van der Waals surface area (Å²) in [4.78, 5) is 17.0. The summed E-state index contributed by atoms with van der Waals surface area (Å²) in [7, 11) is 1.63. The number of rotatable bonds is 11. The number of aliphatic imine (C=N–C) groups is 1. The molecule has 2 aromatic rings. The average Bonchev–Trinajstić information content (AvgIpc) is 2.81. The summed E-state index contributed by atoms with van der Waals surface area (Å²) in [6.45, 7) is 9.83. The summed E-state index contributed by atoms with van der Waals surface area (Å²) in [6, 6.07) is 15.3. The standard InChI is InChI=1S/C25H36N4O3.HI/c1-6-18(3)29-24(30)21-12-10-11-20(15-21)17-28-25(26-7-2)27-16-19(4)32-23-14-9-8-13-22(23)31-5;/h8-15,18-19H,6-7,16-17H2,1-5H3,(H,29,30)(H2,26,27,28);1H. The first-order chi connectivity index (χ1) is 15.5. The van der Waals surface area contributed by atoms with E-state index >= 15 is 0 Å². The maximum absolute atomic E-state index is 12.4. The first kappa shape index (κ1) is 28.5. The first-order valence-corrected chi connectivity index (χ1v) is 11.2. The predicted molar refractivity (Wildman–Crippen MR) is 145 cm³/mol. The fourth-order valence-electron chi connectivity index (χ4n) is 2.95. The van der Waals surface area contributed by atoms with Gasteiger partial charge in [-0.2, -0.15) is 0 Å². The molecule has 8 heteroatoms. The molecule has 0 aliphatic rings. The lowest BCUT2D eigenvalue weighted by molar-refractivity contribution is 0.0939. The highest BCUT2D eigenvalue weighted by Gasteiger charge is 2.11. The van der Waals surface area contributed by atoms with Gasteiger partial charge in [-0.25, -0.2) is 4.99 Å². The molecule has 0 aliphatic heterocycles. The van der Waals surface area contributed by atoms with Gasteiger partial charge in [-0.1, -0.05) is 31.2 Å². The zero-order valence-electron chi connectivity index (χ0n) is 20.2. The minimum Gasteiger partial charge on any atom is -0.493 e. The fourth-order valence-corrected chi connectivity index (χ4v) is 2.95. The third kappa shape index (κ3) is 9.89. The van der Waals surface area contributed by atoms with Gasteiger partial charge in [-0.15, -0.1) is 24.0 Å². The molecule has 0 radical (unpaired) electrons. The van der Waals surface area contributed by atoms with Crippen LogP contribution in [0.3, 0.4) is 0 Å². The number of hydrogen-bond acceptors (Lipinski definition) is 4. The number of para-hydroxylation sites is 2. The summed E-state index contributed by atoms with van der Waals surface area (Å²) >= 11 is 0. The number of carbonyl (C=O) groups is 1. The van der Waals surface area contributed by atoms with E-state index in [1.807, 2.05) is 76.2 Å². The van der Waals surface area contributed by atoms with E-state index in [1.165, 1.54) is 0 Å². The molecule has 182 valence electrons. The highest BCUT2D eigenvalue weighted by molar-refractivity contribution is 14.0. The largest absolute Gasteiger partial charge is 0.493 e. The van der Waals surface area contributed by atoms with Gasteiger partial charge >= 0.3 is 0 Å². The Morgan fingerprint density at radius 2 is 1.76 bits per heavy atom. The smallest absolute Gasteiger partial charge is 0.251 e. The van der Waals surface area contributed by atoms with Crippen molar-refractivity contribution in [1.29, 1.82) is 0 Å². The lowest BCUT2D eigenvalue weighted by Gasteiger charge is -2.19. The van der Waals surface area contributed by atoms with Crippen LogP contribution in [0.25, 0.3) is 0 Å². The van der Waals surface area contributed by atoms with E-state index in [0.29, 0.717) is 36.1 Å². The summed E-state index contributed by atoms with van der Waals surface area (Å²) < 4.78 is 11.3. The molecule has 1 amide bonds. The second-order valence-electron chi connectivity index (χ2n) is 7.64. The molecule has 0 heterocycles. The van der Waals surface area contributed by atoms with Gasteiger partial charge in [0.15, 0.2) is 17.5 Å². The number of halogens is 1. The van der Waals surface area contributed by atoms with Gasteiger partial charge in [0.2, 0.25) is 0 Å². The van der Waals surface area contributed by atoms with Crippen molar-refractivity contribution in [2.24, 2.45) is 4.99 Å². The van der Waals surface area contributed by atoms with Crippen molar-refractivity contribution in [2.45, 2.75) is 52.8 Å². The van der Waals surface area contributed by atoms with Crippen LogP contribution in [0.2, 0.25) is 0 Å². The van der Waals surface area contributed by atoms with Crippen LogP contribution >= 0.6 is 24.0 Å². The van der Waals surface area contributed by atoms with Crippen LogP contribution in [0.1, 0.15) is 50.0 Å². The molecular weight excluding hydrogens is 531 g/mol. The molecule has 3 N–H and O–H groups in total. The first-order valence-electron chi connectivity index (χ1n) is 11.2. The monoisotopic (exact) mass is 568 g/mol. The van der Waals surface area contributed by atoms with E-state index in [2.05, 4.69) is 20.9 Å². The van der Waals surface area contributed by atoms with Crippen molar-refractivity contribution >= 4 is 35.8 Å². The number of hydrogen-bond donors (Lipinski definition) is 3. The van der Waals surface area contributed by atoms with Crippen molar-refractivity contribution in [1.82, 2.24) is 16.0 Å². The fraction of sp³-hybridized carbons (Fsp3) is 0.440. The normalized spacial score (nSPS) is 12.7.